The van der Waals surface area contributed by atoms with Gasteiger partial charge in [-0.05, 0) is 57.8 Å². The van der Waals surface area contributed by atoms with E-state index in [1.165, 1.54) is 38.5 Å². The van der Waals surface area contributed by atoms with Gasteiger partial charge in [-0.2, -0.15) is 0 Å². The monoisotopic (exact) mass is 796 g/mol. The van der Waals surface area contributed by atoms with E-state index in [1.54, 1.807) is 21.1 Å². The molecule has 0 N–H and O–H groups in total. The number of likely N-dealkylation sites (N-methyl/N-ethyl adjacent to an activating group) is 1. The van der Waals surface area contributed by atoms with Crippen molar-refractivity contribution in [3.63, 3.8) is 0 Å². The molecule has 8 heteroatoms. The third-order valence-electron chi connectivity index (χ3n) is 9.39. The molecule has 0 aliphatic heterocycles. The first-order valence-electron chi connectivity index (χ1n) is 22.2. The van der Waals surface area contributed by atoms with Gasteiger partial charge in [0, 0.05) is 19.3 Å². The SMILES string of the molecule is CCC/C=C/C=C/C=C/C=C/C=C/CCCCCCCC(=O)OC(COCCC(C(=O)[O-])[N+](C)(C)C)COC(=O)CCCCCCCC/C=C/C=C/CCCCC. The minimum atomic E-state index is -1.14. The molecule has 0 spiro atoms. The van der Waals surface area contributed by atoms with E-state index in [1.807, 2.05) is 36.5 Å². The molecule has 0 bridgehead atoms. The van der Waals surface area contributed by atoms with Crippen LogP contribution < -0.4 is 5.11 Å². The van der Waals surface area contributed by atoms with Crippen molar-refractivity contribution in [3.05, 3.63) is 85.1 Å². The van der Waals surface area contributed by atoms with Crippen LogP contribution in [0.3, 0.4) is 0 Å². The van der Waals surface area contributed by atoms with Crippen LogP contribution in [-0.2, 0) is 28.6 Å². The number of carboxylic acid groups (broad SMARTS) is 1. The maximum absolute atomic E-state index is 12.7. The summed E-state index contributed by atoms with van der Waals surface area (Å²) in [7, 11) is 5.38. The summed E-state index contributed by atoms with van der Waals surface area (Å²) in [4.78, 5) is 36.9. The molecule has 0 aliphatic carbocycles. The quantitative estimate of drug-likeness (QED) is 0.0265. The van der Waals surface area contributed by atoms with E-state index in [0.717, 1.165) is 83.5 Å². The normalized spacial score (nSPS) is 13.8. The largest absolute Gasteiger partial charge is 0.544 e. The van der Waals surface area contributed by atoms with Crippen molar-refractivity contribution in [1.82, 2.24) is 0 Å². The summed E-state index contributed by atoms with van der Waals surface area (Å²) in [6.07, 6.45) is 50.2. The van der Waals surface area contributed by atoms with Gasteiger partial charge in [-0.1, -0.05) is 163 Å². The number of carbonyl (C=O) groups excluding carboxylic acids is 3. The van der Waals surface area contributed by atoms with Gasteiger partial charge in [0.2, 0.25) is 0 Å². The average molecular weight is 796 g/mol. The molecule has 324 valence electrons. The Balaban J connectivity index is 4.45. The van der Waals surface area contributed by atoms with Crippen LogP contribution in [-0.4, -0.2) is 75.5 Å². The number of ether oxygens (including phenoxy) is 3. The number of carbonyl (C=O) groups is 3. The number of unbranched alkanes of at least 4 members (excludes halogenated alkanes) is 15. The highest BCUT2D eigenvalue weighted by molar-refractivity contribution is 5.70. The molecule has 0 fully saturated rings. The second-order valence-corrected chi connectivity index (χ2v) is 15.7. The highest BCUT2D eigenvalue weighted by atomic mass is 16.6. The van der Waals surface area contributed by atoms with Crippen LogP contribution >= 0.6 is 0 Å². The van der Waals surface area contributed by atoms with Gasteiger partial charge in [0.25, 0.3) is 0 Å². The van der Waals surface area contributed by atoms with Gasteiger partial charge < -0.3 is 28.6 Å². The van der Waals surface area contributed by atoms with Gasteiger partial charge in [0.1, 0.15) is 12.6 Å². The lowest BCUT2D eigenvalue weighted by Gasteiger charge is -2.34. The Morgan fingerprint density at radius 2 is 0.965 bits per heavy atom. The Morgan fingerprint density at radius 1 is 0.526 bits per heavy atom. The smallest absolute Gasteiger partial charge is 0.306 e. The summed E-state index contributed by atoms with van der Waals surface area (Å²) in [5.74, 6) is -1.80. The maximum Gasteiger partial charge on any atom is 0.306 e. The Hall–Kier alpha value is -3.49. The highest BCUT2D eigenvalue weighted by Crippen LogP contribution is 2.13. The van der Waals surface area contributed by atoms with Crippen LogP contribution in [0, 0.1) is 0 Å². The number of allylic oxidation sites excluding steroid dienone is 14. The second-order valence-electron chi connectivity index (χ2n) is 15.7. The molecule has 0 aliphatic rings. The number of esters is 2. The third-order valence-corrected chi connectivity index (χ3v) is 9.39. The Bertz CT molecular complexity index is 1200. The standard InChI is InChI=1S/C49H81NO7/c1-6-8-10-12-14-16-18-20-22-23-24-26-28-30-32-34-36-38-40-48(52)57-45(43-55-42-41-46(49(53)54)50(3,4)5)44-56-47(51)39-37-35-33-31-29-27-25-21-19-17-15-13-11-9-7-2/h10,12,14-24,26,45-46H,6-9,11,13,25,27-44H2,1-5H3/b12-10+,16-14+,17-15+,20-18+,21-19+,23-22+,26-24+. The lowest BCUT2D eigenvalue weighted by Crippen LogP contribution is -2.55. The van der Waals surface area contributed by atoms with Crippen molar-refractivity contribution in [2.45, 2.75) is 167 Å². The first-order valence-corrected chi connectivity index (χ1v) is 22.2. The van der Waals surface area contributed by atoms with E-state index in [2.05, 4.69) is 62.5 Å². The van der Waals surface area contributed by atoms with Crippen molar-refractivity contribution >= 4 is 17.9 Å². The van der Waals surface area contributed by atoms with Crippen molar-refractivity contribution in [3.8, 4) is 0 Å². The summed E-state index contributed by atoms with van der Waals surface area (Å²) in [6, 6.07) is -0.737. The van der Waals surface area contributed by atoms with Gasteiger partial charge >= 0.3 is 11.9 Å². The summed E-state index contributed by atoms with van der Waals surface area (Å²) in [6.45, 7) is 4.48. The number of rotatable bonds is 38. The van der Waals surface area contributed by atoms with E-state index in [-0.39, 0.29) is 49.1 Å². The van der Waals surface area contributed by atoms with E-state index in [0.29, 0.717) is 6.42 Å². The fourth-order valence-electron chi connectivity index (χ4n) is 5.91. The molecule has 8 nitrogen and oxygen atoms in total. The zero-order valence-electron chi connectivity index (χ0n) is 36.7. The van der Waals surface area contributed by atoms with E-state index >= 15 is 0 Å². The van der Waals surface area contributed by atoms with Crippen LogP contribution in [0.5, 0.6) is 0 Å². The zero-order chi connectivity index (χ0) is 42.1. The Morgan fingerprint density at radius 3 is 1.46 bits per heavy atom. The van der Waals surface area contributed by atoms with Crippen LogP contribution in [0.4, 0.5) is 0 Å². The molecule has 0 heterocycles. The summed E-state index contributed by atoms with van der Waals surface area (Å²) in [5, 5.41) is 11.6. The van der Waals surface area contributed by atoms with Crippen LogP contribution in [0.1, 0.15) is 155 Å². The van der Waals surface area contributed by atoms with Crippen LogP contribution in [0.2, 0.25) is 0 Å². The third kappa shape index (κ3) is 37.8. The van der Waals surface area contributed by atoms with Gasteiger partial charge in [-0.15, -0.1) is 0 Å². The predicted octanol–water partition coefficient (Wildman–Crippen LogP) is 10.8. The lowest BCUT2D eigenvalue weighted by atomic mass is 10.1. The molecule has 2 atom stereocenters. The van der Waals surface area contributed by atoms with Gasteiger partial charge in [0.15, 0.2) is 6.10 Å². The van der Waals surface area contributed by atoms with Crippen molar-refractivity contribution in [2.24, 2.45) is 0 Å². The lowest BCUT2D eigenvalue weighted by molar-refractivity contribution is -0.889. The molecule has 0 aromatic heterocycles. The molecule has 0 radical (unpaired) electrons. The summed E-state index contributed by atoms with van der Waals surface area (Å²) >= 11 is 0. The molecule has 2 unspecified atom stereocenters. The minimum absolute atomic E-state index is 0.0210. The number of quaternary nitrogens is 1. The van der Waals surface area contributed by atoms with Crippen molar-refractivity contribution in [1.29, 1.82) is 0 Å². The van der Waals surface area contributed by atoms with Gasteiger partial charge in [-0.25, -0.2) is 0 Å². The fraction of sp³-hybridized carbons (Fsp3) is 0.653. The molecule has 0 amide bonds. The van der Waals surface area contributed by atoms with E-state index in [4.69, 9.17) is 14.2 Å². The molecular formula is C49H81NO7. The minimum Gasteiger partial charge on any atom is -0.544 e. The van der Waals surface area contributed by atoms with E-state index < -0.39 is 18.1 Å². The van der Waals surface area contributed by atoms with Crippen molar-refractivity contribution < 1.29 is 38.2 Å². The molecular weight excluding hydrogens is 715 g/mol. The van der Waals surface area contributed by atoms with E-state index in [9.17, 15) is 19.5 Å². The number of hydrogen-bond acceptors (Lipinski definition) is 7. The van der Waals surface area contributed by atoms with Crippen LogP contribution in [0.15, 0.2) is 85.1 Å². The Kier molecular flexibility index (Phi) is 36.9. The molecule has 0 saturated heterocycles. The number of aliphatic carboxylic acids is 1. The molecule has 0 rings (SSSR count). The summed E-state index contributed by atoms with van der Waals surface area (Å²) < 4.78 is 17.1. The predicted molar refractivity (Wildman–Crippen MR) is 235 cm³/mol. The second kappa shape index (κ2) is 39.3. The summed E-state index contributed by atoms with van der Waals surface area (Å²) in [5.41, 5.74) is 0. The molecule has 57 heavy (non-hydrogen) atoms. The van der Waals surface area contributed by atoms with Gasteiger partial charge in [0.05, 0.1) is 40.3 Å². The molecule has 0 aromatic carbocycles. The average Bonchev–Trinajstić information content (AvgIpc) is 3.17. The molecule has 0 aromatic rings. The first-order chi connectivity index (χ1) is 27.6. The highest BCUT2D eigenvalue weighted by Gasteiger charge is 2.25. The number of hydrogen-bond donors (Lipinski definition) is 0. The zero-order valence-corrected chi connectivity index (χ0v) is 36.7. The fourth-order valence-corrected chi connectivity index (χ4v) is 5.91. The number of carboxylic acids is 1. The van der Waals surface area contributed by atoms with Crippen LogP contribution in [0.25, 0.3) is 0 Å². The number of nitrogens with zero attached hydrogens (tertiary/aromatic N) is 1. The maximum atomic E-state index is 12.7. The van der Waals surface area contributed by atoms with Gasteiger partial charge in [-0.3, -0.25) is 9.59 Å². The van der Waals surface area contributed by atoms with Crippen molar-refractivity contribution in [2.75, 3.05) is 41.0 Å². The first kappa shape index (κ1) is 53.5. The molecule has 0 saturated carbocycles. The Labute approximate surface area is 348 Å². The topological polar surface area (TPSA) is 102 Å².